The van der Waals surface area contributed by atoms with Crippen molar-refractivity contribution in [1.82, 2.24) is 4.90 Å². The van der Waals surface area contributed by atoms with E-state index < -0.39 is 23.3 Å². The Bertz CT molecular complexity index is 415. The van der Waals surface area contributed by atoms with Crippen molar-refractivity contribution in [3.8, 4) is 0 Å². The van der Waals surface area contributed by atoms with Crippen LogP contribution in [0.4, 0.5) is 4.79 Å². The number of rotatable bonds is 1. The first-order valence-corrected chi connectivity index (χ1v) is 8.32. The summed E-state index contributed by atoms with van der Waals surface area (Å²) in [6, 6.07) is -0.576. The predicted molar refractivity (Wildman–Crippen MR) is 90.1 cm³/mol. The molecule has 23 heavy (non-hydrogen) atoms. The van der Waals surface area contributed by atoms with Gasteiger partial charge in [0.1, 0.15) is 17.2 Å². The molecule has 5 heteroatoms. The quantitative estimate of drug-likeness (QED) is 0.683. The van der Waals surface area contributed by atoms with E-state index in [1.165, 1.54) is 4.90 Å². The van der Waals surface area contributed by atoms with Gasteiger partial charge in [-0.3, -0.25) is 4.90 Å². The number of hydrogen-bond donors (Lipinski definition) is 0. The monoisotopic (exact) mass is 327 g/mol. The SMILES string of the molecule is CC(C)(C)OC(=O)C1CC(C(C)(C)C)CN1C(=O)OC(C)(C)C. The predicted octanol–water partition coefficient (Wildman–Crippen LogP) is 4.00. The lowest BCUT2D eigenvalue weighted by atomic mass is 9.79. The zero-order chi connectivity index (χ0) is 18.2. The van der Waals surface area contributed by atoms with Gasteiger partial charge in [-0.1, -0.05) is 20.8 Å². The molecular weight excluding hydrogens is 294 g/mol. The highest BCUT2D eigenvalue weighted by Crippen LogP contribution is 2.38. The zero-order valence-corrected chi connectivity index (χ0v) is 16.1. The van der Waals surface area contributed by atoms with Crippen LogP contribution in [0, 0.1) is 11.3 Å². The Morgan fingerprint density at radius 2 is 1.35 bits per heavy atom. The van der Waals surface area contributed by atoms with Gasteiger partial charge in [0.05, 0.1) is 0 Å². The summed E-state index contributed by atoms with van der Waals surface area (Å²) >= 11 is 0. The first-order valence-electron chi connectivity index (χ1n) is 8.32. The third-order valence-corrected chi connectivity index (χ3v) is 3.83. The van der Waals surface area contributed by atoms with E-state index in [1.807, 2.05) is 41.5 Å². The Balaban J connectivity index is 2.98. The highest BCUT2D eigenvalue weighted by Gasteiger charge is 2.46. The molecule has 134 valence electrons. The molecular formula is C18H33NO4. The Labute approximate surface area is 140 Å². The van der Waals surface area contributed by atoms with Crippen molar-refractivity contribution in [2.75, 3.05) is 6.54 Å². The van der Waals surface area contributed by atoms with E-state index >= 15 is 0 Å². The van der Waals surface area contributed by atoms with Gasteiger partial charge in [0, 0.05) is 6.54 Å². The summed E-state index contributed by atoms with van der Waals surface area (Å²) in [5.41, 5.74) is -1.15. The van der Waals surface area contributed by atoms with Crippen LogP contribution >= 0.6 is 0 Å². The number of amides is 1. The highest BCUT2D eigenvalue weighted by molar-refractivity contribution is 5.82. The van der Waals surface area contributed by atoms with E-state index in [0.29, 0.717) is 13.0 Å². The van der Waals surface area contributed by atoms with Gasteiger partial charge in [-0.15, -0.1) is 0 Å². The maximum absolute atomic E-state index is 12.5. The summed E-state index contributed by atoms with van der Waals surface area (Å²) < 4.78 is 11.0. The number of likely N-dealkylation sites (tertiary alicyclic amines) is 1. The standard InChI is InChI=1S/C18H33NO4/c1-16(2,3)12-10-13(14(20)22-17(4,5)6)19(11-12)15(21)23-18(7,8)9/h12-13H,10-11H2,1-9H3. The van der Waals surface area contributed by atoms with Crippen molar-refractivity contribution in [3.63, 3.8) is 0 Å². The zero-order valence-electron chi connectivity index (χ0n) is 16.1. The fraction of sp³-hybridized carbons (Fsp3) is 0.889. The van der Waals surface area contributed by atoms with Crippen molar-refractivity contribution in [2.45, 2.75) is 86.0 Å². The number of carbonyl (C=O) groups is 2. The van der Waals surface area contributed by atoms with Gasteiger partial charge in [0.15, 0.2) is 0 Å². The molecule has 1 amide bonds. The fourth-order valence-corrected chi connectivity index (χ4v) is 2.58. The first kappa shape index (κ1) is 19.8. The van der Waals surface area contributed by atoms with Gasteiger partial charge in [-0.05, 0) is 59.3 Å². The van der Waals surface area contributed by atoms with Crippen LogP contribution in [0.1, 0.15) is 68.7 Å². The number of ether oxygens (including phenoxy) is 2. The minimum Gasteiger partial charge on any atom is -0.458 e. The molecule has 1 fully saturated rings. The van der Waals surface area contributed by atoms with Crippen molar-refractivity contribution < 1.29 is 19.1 Å². The van der Waals surface area contributed by atoms with Gasteiger partial charge in [0.2, 0.25) is 0 Å². The molecule has 0 aromatic carbocycles. The van der Waals surface area contributed by atoms with Gasteiger partial charge in [0.25, 0.3) is 0 Å². The molecule has 1 heterocycles. The van der Waals surface area contributed by atoms with Crippen LogP contribution in [0.2, 0.25) is 0 Å². The average molecular weight is 327 g/mol. The number of hydrogen-bond acceptors (Lipinski definition) is 4. The van der Waals surface area contributed by atoms with E-state index in [4.69, 9.17) is 9.47 Å². The van der Waals surface area contributed by atoms with E-state index in [1.54, 1.807) is 0 Å². The van der Waals surface area contributed by atoms with E-state index in [2.05, 4.69) is 20.8 Å². The normalized spacial score (nSPS) is 22.9. The third-order valence-electron chi connectivity index (χ3n) is 3.83. The van der Waals surface area contributed by atoms with E-state index in [0.717, 1.165) is 0 Å². The Morgan fingerprint density at radius 1 is 0.870 bits per heavy atom. The lowest BCUT2D eigenvalue weighted by molar-refractivity contribution is -0.160. The van der Waals surface area contributed by atoms with Gasteiger partial charge in [-0.2, -0.15) is 0 Å². The average Bonchev–Trinajstić information content (AvgIpc) is 2.67. The van der Waals surface area contributed by atoms with Crippen LogP contribution in [0.3, 0.4) is 0 Å². The molecule has 0 radical (unpaired) electrons. The minimum absolute atomic E-state index is 0.0109. The van der Waals surface area contributed by atoms with Crippen LogP contribution in [-0.2, 0) is 14.3 Å². The van der Waals surface area contributed by atoms with Crippen LogP contribution in [0.25, 0.3) is 0 Å². The molecule has 2 unspecified atom stereocenters. The maximum Gasteiger partial charge on any atom is 0.411 e. The maximum atomic E-state index is 12.5. The molecule has 5 nitrogen and oxygen atoms in total. The second-order valence-electron chi connectivity index (χ2n) is 9.48. The topological polar surface area (TPSA) is 55.8 Å². The van der Waals surface area contributed by atoms with Crippen LogP contribution < -0.4 is 0 Å². The summed E-state index contributed by atoms with van der Waals surface area (Å²) in [6.07, 6.45) is 0.164. The molecule has 2 atom stereocenters. The summed E-state index contributed by atoms with van der Waals surface area (Å²) in [5.74, 6) is -0.123. The second kappa shape index (κ2) is 6.33. The lowest BCUT2D eigenvalue weighted by Gasteiger charge is -2.30. The van der Waals surface area contributed by atoms with E-state index in [9.17, 15) is 9.59 Å². The molecule has 1 rings (SSSR count). The molecule has 0 spiro atoms. The summed E-state index contributed by atoms with van der Waals surface area (Å²) in [5, 5.41) is 0. The van der Waals surface area contributed by atoms with Crippen molar-refractivity contribution in [2.24, 2.45) is 11.3 Å². The van der Waals surface area contributed by atoms with Gasteiger partial charge < -0.3 is 9.47 Å². The molecule has 0 aromatic heterocycles. The fourth-order valence-electron chi connectivity index (χ4n) is 2.58. The molecule has 1 aliphatic rings. The number of carbonyl (C=O) groups excluding carboxylic acids is 2. The molecule has 0 aliphatic carbocycles. The highest BCUT2D eigenvalue weighted by atomic mass is 16.6. The minimum atomic E-state index is -0.588. The Morgan fingerprint density at radius 3 is 1.74 bits per heavy atom. The van der Waals surface area contributed by atoms with E-state index in [-0.39, 0.29) is 17.3 Å². The van der Waals surface area contributed by atoms with Crippen LogP contribution in [0.5, 0.6) is 0 Å². The summed E-state index contributed by atoms with van der Waals surface area (Å²) in [7, 11) is 0. The molecule has 0 N–H and O–H groups in total. The van der Waals surface area contributed by atoms with Gasteiger partial charge >= 0.3 is 12.1 Å². The molecule has 0 aromatic rings. The summed E-state index contributed by atoms with van der Waals surface area (Å²) in [4.78, 5) is 26.6. The number of nitrogens with zero attached hydrogens (tertiary/aromatic N) is 1. The first-order chi connectivity index (χ1) is 10.1. The molecule has 1 saturated heterocycles. The number of esters is 1. The lowest BCUT2D eigenvalue weighted by Crippen LogP contribution is -2.45. The van der Waals surface area contributed by atoms with Crippen molar-refractivity contribution >= 4 is 12.1 Å². The molecule has 0 saturated carbocycles. The largest absolute Gasteiger partial charge is 0.458 e. The van der Waals surface area contributed by atoms with Gasteiger partial charge in [-0.25, -0.2) is 9.59 Å². The summed E-state index contributed by atoms with van der Waals surface area (Å²) in [6.45, 7) is 17.9. The second-order valence-corrected chi connectivity index (χ2v) is 9.48. The Hall–Kier alpha value is -1.26. The molecule has 1 aliphatic heterocycles. The van der Waals surface area contributed by atoms with Crippen LogP contribution in [-0.4, -0.2) is 40.8 Å². The smallest absolute Gasteiger partial charge is 0.411 e. The molecule has 0 bridgehead atoms. The van der Waals surface area contributed by atoms with Crippen molar-refractivity contribution in [1.29, 1.82) is 0 Å². The van der Waals surface area contributed by atoms with Crippen molar-refractivity contribution in [3.05, 3.63) is 0 Å². The van der Waals surface area contributed by atoms with Crippen LogP contribution in [0.15, 0.2) is 0 Å². The Kier molecular flexibility index (Phi) is 5.44. The third kappa shape index (κ3) is 6.04.